The van der Waals surface area contributed by atoms with Gasteiger partial charge < -0.3 is 15.5 Å². The second kappa shape index (κ2) is 6.45. The highest BCUT2D eigenvalue weighted by Gasteiger charge is 2.19. The molecule has 0 radical (unpaired) electrons. The first-order valence-electron chi connectivity index (χ1n) is 7.22. The number of anilines is 1. The van der Waals surface area contributed by atoms with E-state index in [0.29, 0.717) is 11.5 Å². The van der Waals surface area contributed by atoms with Gasteiger partial charge in [-0.2, -0.15) is 4.68 Å². The number of hydrogen-bond donors (Lipinski definition) is 3. The number of benzene rings is 2. The fraction of sp³-hybridized carbons (Fsp3) is 0.188. The van der Waals surface area contributed by atoms with Crippen molar-refractivity contribution in [2.24, 2.45) is 0 Å². The van der Waals surface area contributed by atoms with Gasteiger partial charge in [0.1, 0.15) is 5.75 Å². The highest BCUT2D eigenvalue weighted by molar-refractivity contribution is 5.39. The van der Waals surface area contributed by atoms with E-state index in [2.05, 4.69) is 20.8 Å². The maximum absolute atomic E-state index is 10.4. The molecule has 1 heterocycles. The Hall–Kier alpha value is -2.93. The monoisotopic (exact) mass is 311 g/mol. The van der Waals surface area contributed by atoms with Crippen molar-refractivity contribution >= 4 is 5.95 Å². The van der Waals surface area contributed by atoms with Crippen LogP contribution in [-0.4, -0.2) is 36.5 Å². The average Bonchev–Trinajstić information content (AvgIpc) is 3.04. The number of phenolic OH excluding ortho intramolecular Hbond substituents is 1. The van der Waals surface area contributed by atoms with Crippen molar-refractivity contribution in [3.05, 3.63) is 60.2 Å². The predicted molar refractivity (Wildman–Crippen MR) is 85.3 cm³/mol. The summed E-state index contributed by atoms with van der Waals surface area (Å²) in [5.74, 6) is 0.608. The fourth-order valence-corrected chi connectivity index (χ4v) is 2.26. The predicted octanol–water partition coefficient (Wildman–Crippen LogP) is 1.90. The molecule has 0 amide bonds. The lowest BCUT2D eigenvalue weighted by molar-refractivity contribution is 0.160. The third kappa shape index (κ3) is 3.29. The highest BCUT2D eigenvalue weighted by Crippen LogP contribution is 2.22. The Morgan fingerprint density at radius 3 is 2.43 bits per heavy atom. The van der Waals surface area contributed by atoms with Crippen LogP contribution in [0.1, 0.15) is 18.6 Å². The molecule has 0 fully saturated rings. The van der Waals surface area contributed by atoms with Crippen LogP contribution in [0.4, 0.5) is 5.95 Å². The second-order valence-electron chi connectivity index (χ2n) is 5.22. The van der Waals surface area contributed by atoms with Gasteiger partial charge in [0.25, 0.3) is 0 Å². The van der Waals surface area contributed by atoms with Crippen LogP contribution in [0, 0.1) is 0 Å². The van der Waals surface area contributed by atoms with E-state index in [9.17, 15) is 10.2 Å². The molecule has 118 valence electrons. The van der Waals surface area contributed by atoms with Crippen LogP contribution in [0.5, 0.6) is 5.75 Å². The molecule has 0 saturated carbocycles. The highest BCUT2D eigenvalue weighted by atomic mass is 16.3. The lowest BCUT2D eigenvalue weighted by Gasteiger charge is -2.20. The summed E-state index contributed by atoms with van der Waals surface area (Å²) in [6, 6.07) is 15.6. The number of nitrogens with zero attached hydrogens (tertiary/aromatic N) is 4. The van der Waals surface area contributed by atoms with Gasteiger partial charge in [-0.1, -0.05) is 35.4 Å². The maximum atomic E-state index is 10.4. The molecule has 0 aliphatic rings. The number of nitrogens with one attached hydrogen (secondary N) is 1. The zero-order valence-corrected chi connectivity index (χ0v) is 12.5. The Morgan fingerprint density at radius 2 is 1.74 bits per heavy atom. The van der Waals surface area contributed by atoms with Crippen LogP contribution < -0.4 is 5.32 Å². The molecule has 23 heavy (non-hydrogen) atoms. The van der Waals surface area contributed by atoms with Crippen molar-refractivity contribution in [3.63, 3.8) is 0 Å². The molecule has 3 aromatic rings. The van der Waals surface area contributed by atoms with Crippen LogP contribution in [0.2, 0.25) is 0 Å². The number of aliphatic hydroxyl groups is 1. The Balaban J connectivity index is 1.77. The summed E-state index contributed by atoms with van der Waals surface area (Å²) in [6.07, 6.45) is -0.767. The van der Waals surface area contributed by atoms with Gasteiger partial charge in [0, 0.05) is 0 Å². The fourth-order valence-electron chi connectivity index (χ4n) is 2.26. The molecule has 0 bridgehead atoms. The molecule has 0 aliphatic carbocycles. The lowest BCUT2D eigenvalue weighted by atomic mass is 10.0. The number of aliphatic hydroxyl groups excluding tert-OH is 1. The Kier molecular flexibility index (Phi) is 4.20. The van der Waals surface area contributed by atoms with E-state index in [-0.39, 0.29) is 11.8 Å². The van der Waals surface area contributed by atoms with Gasteiger partial charge in [0.2, 0.25) is 5.95 Å². The Labute approximate surface area is 133 Å². The molecule has 0 spiro atoms. The molecule has 0 aliphatic heterocycles. The average molecular weight is 311 g/mol. The molecule has 0 saturated heterocycles. The smallest absolute Gasteiger partial charge is 0.248 e. The summed E-state index contributed by atoms with van der Waals surface area (Å²) in [5.41, 5.74) is 1.52. The lowest BCUT2D eigenvalue weighted by Crippen LogP contribution is -2.25. The van der Waals surface area contributed by atoms with Gasteiger partial charge in [0.15, 0.2) is 0 Å². The minimum atomic E-state index is -0.767. The molecule has 1 aromatic heterocycles. The van der Waals surface area contributed by atoms with Gasteiger partial charge in [-0.3, -0.25) is 0 Å². The SMILES string of the molecule is C[C@@H](Nc1nnnn1-c1ccccc1)[C@@H](O)c1ccc(O)cc1. The van der Waals surface area contributed by atoms with Crippen molar-refractivity contribution < 1.29 is 10.2 Å². The van der Waals surface area contributed by atoms with E-state index < -0.39 is 6.10 Å². The van der Waals surface area contributed by atoms with E-state index in [1.54, 1.807) is 28.9 Å². The van der Waals surface area contributed by atoms with Crippen molar-refractivity contribution in [2.45, 2.75) is 19.1 Å². The summed E-state index contributed by atoms with van der Waals surface area (Å²) < 4.78 is 1.57. The summed E-state index contributed by atoms with van der Waals surface area (Å²) in [4.78, 5) is 0. The first kappa shape index (κ1) is 15.0. The first-order valence-corrected chi connectivity index (χ1v) is 7.22. The minimum Gasteiger partial charge on any atom is -0.508 e. The van der Waals surface area contributed by atoms with Crippen molar-refractivity contribution in [1.82, 2.24) is 20.2 Å². The number of hydrogen-bond acceptors (Lipinski definition) is 6. The summed E-state index contributed by atoms with van der Waals surface area (Å²) in [6.45, 7) is 1.83. The molecular formula is C16H17N5O2. The minimum absolute atomic E-state index is 0.162. The van der Waals surface area contributed by atoms with Gasteiger partial charge in [-0.05, 0) is 47.2 Å². The zero-order valence-electron chi connectivity index (χ0n) is 12.5. The third-order valence-electron chi connectivity index (χ3n) is 3.54. The normalized spacial score (nSPS) is 13.5. The van der Waals surface area contributed by atoms with Gasteiger partial charge in [-0.25, -0.2) is 0 Å². The summed E-state index contributed by atoms with van der Waals surface area (Å²) in [5, 5.41) is 34.5. The van der Waals surface area contributed by atoms with Crippen molar-refractivity contribution in [2.75, 3.05) is 5.32 Å². The molecule has 0 unspecified atom stereocenters. The molecule has 3 rings (SSSR count). The standard InChI is InChI=1S/C16H17N5O2/c1-11(15(23)12-7-9-14(22)10-8-12)17-16-18-19-20-21(16)13-5-3-2-4-6-13/h2-11,15,22-23H,1H3,(H,17,18,20)/t11-,15-/m1/s1. The maximum Gasteiger partial charge on any atom is 0.248 e. The number of aromatic nitrogens is 4. The number of tetrazole rings is 1. The zero-order chi connectivity index (χ0) is 16.2. The van der Waals surface area contributed by atoms with Crippen LogP contribution in [0.3, 0.4) is 0 Å². The number of rotatable bonds is 5. The first-order chi connectivity index (χ1) is 11.1. The quantitative estimate of drug-likeness (QED) is 0.666. The largest absolute Gasteiger partial charge is 0.508 e. The van der Waals surface area contributed by atoms with Crippen LogP contribution in [0.15, 0.2) is 54.6 Å². The van der Waals surface area contributed by atoms with E-state index in [4.69, 9.17) is 0 Å². The molecule has 2 aromatic carbocycles. The van der Waals surface area contributed by atoms with E-state index in [1.165, 1.54) is 0 Å². The van der Waals surface area contributed by atoms with E-state index >= 15 is 0 Å². The molecule has 2 atom stereocenters. The third-order valence-corrected chi connectivity index (χ3v) is 3.54. The van der Waals surface area contributed by atoms with Crippen LogP contribution in [-0.2, 0) is 0 Å². The van der Waals surface area contributed by atoms with E-state index in [0.717, 1.165) is 5.69 Å². The van der Waals surface area contributed by atoms with Gasteiger partial charge in [0.05, 0.1) is 17.8 Å². The summed E-state index contributed by atoms with van der Waals surface area (Å²) >= 11 is 0. The Bertz CT molecular complexity index is 758. The van der Waals surface area contributed by atoms with Gasteiger partial charge in [-0.15, -0.1) is 0 Å². The number of aromatic hydroxyl groups is 1. The van der Waals surface area contributed by atoms with Crippen LogP contribution in [0.25, 0.3) is 5.69 Å². The number of phenols is 1. The topological polar surface area (TPSA) is 96.1 Å². The van der Waals surface area contributed by atoms with Crippen molar-refractivity contribution in [1.29, 1.82) is 0 Å². The number of para-hydroxylation sites is 1. The van der Waals surface area contributed by atoms with Crippen molar-refractivity contribution in [3.8, 4) is 11.4 Å². The molecule has 7 nitrogen and oxygen atoms in total. The Morgan fingerprint density at radius 1 is 1.04 bits per heavy atom. The van der Waals surface area contributed by atoms with Crippen LogP contribution >= 0.6 is 0 Å². The molecule has 7 heteroatoms. The second-order valence-corrected chi connectivity index (χ2v) is 5.22. The summed E-state index contributed by atoms with van der Waals surface area (Å²) in [7, 11) is 0. The van der Waals surface area contributed by atoms with Gasteiger partial charge >= 0.3 is 0 Å². The van der Waals surface area contributed by atoms with E-state index in [1.807, 2.05) is 37.3 Å². The molecular weight excluding hydrogens is 294 g/mol. The molecule has 3 N–H and O–H groups in total.